The maximum Gasteiger partial charge on any atom is 0.191 e. The Morgan fingerprint density at radius 1 is 0.962 bits per heavy atom. The van der Waals surface area contributed by atoms with E-state index in [0.717, 1.165) is 54.4 Å². The van der Waals surface area contributed by atoms with Gasteiger partial charge < -0.3 is 15.2 Å². The lowest BCUT2D eigenvalue weighted by molar-refractivity contribution is 0.380. The van der Waals surface area contributed by atoms with Crippen LogP contribution in [0.25, 0.3) is 0 Å². The van der Waals surface area contributed by atoms with Crippen LogP contribution < -0.4 is 10.6 Å². The molecule has 2 heterocycles. The van der Waals surface area contributed by atoms with Crippen LogP contribution >= 0.6 is 0 Å². The Morgan fingerprint density at radius 2 is 1.62 bits per heavy atom. The van der Waals surface area contributed by atoms with Crippen molar-refractivity contribution in [2.24, 2.45) is 12.0 Å². The standard InChI is InChI=1S/C19H32N6O/c1-7-15-13(17(9-3)25(6)23-15)11-21-19(20-5)22-12-14-16(8-2)24-26-18(14)10-4/h7-12H2,1-6H3,(H2,20,21,22). The minimum absolute atomic E-state index is 0.657. The SMILES string of the molecule is CCc1noc(CC)c1CNC(=NC)NCc1c(CC)nn(C)c1CC. The third-order valence-corrected chi connectivity index (χ3v) is 4.72. The summed E-state index contributed by atoms with van der Waals surface area (Å²) in [5, 5.41) is 15.6. The van der Waals surface area contributed by atoms with E-state index in [1.165, 1.54) is 11.3 Å². The average Bonchev–Trinajstić information content (AvgIpc) is 3.20. The number of aryl methyl sites for hydroxylation is 4. The van der Waals surface area contributed by atoms with E-state index < -0.39 is 0 Å². The number of nitrogens with zero attached hydrogens (tertiary/aromatic N) is 4. The molecule has 0 atom stereocenters. The van der Waals surface area contributed by atoms with Gasteiger partial charge in [0.05, 0.1) is 11.4 Å². The molecule has 26 heavy (non-hydrogen) atoms. The van der Waals surface area contributed by atoms with E-state index in [1.807, 2.05) is 11.7 Å². The number of aromatic nitrogens is 3. The Kier molecular flexibility index (Phi) is 7.24. The molecule has 7 nitrogen and oxygen atoms in total. The van der Waals surface area contributed by atoms with Crippen molar-refractivity contribution in [1.29, 1.82) is 0 Å². The van der Waals surface area contributed by atoms with E-state index in [2.05, 4.69) is 53.6 Å². The second kappa shape index (κ2) is 9.40. The smallest absolute Gasteiger partial charge is 0.191 e. The highest BCUT2D eigenvalue weighted by atomic mass is 16.5. The molecule has 7 heteroatoms. The molecule has 2 rings (SSSR count). The highest BCUT2D eigenvalue weighted by Crippen LogP contribution is 2.16. The first-order valence-corrected chi connectivity index (χ1v) is 9.53. The van der Waals surface area contributed by atoms with Gasteiger partial charge in [-0.15, -0.1) is 0 Å². The molecule has 2 aromatic rings. The summed E-state index contributed by atoms with van der Waals surface area (Å²) in [4.78, 5) is 4.35. The summed E-state index contributed by atoms with van der Waals surface area (Å²) < 4.78 is 7.42. The summed E-state index contributed by atoms with van der Waals surface area (Å²) in [6, 6.07) is 0. The Bertz CT molecular complexity index is 722. The van der Waals surface area contributed by atoms with Crippen molar-refractivity contribution >= 4 is 5.96 Å². The fraction of sp³-hybridized carbons (Fsp3) is 0.632. The van der Waals surface area contributed by atoms with Crippen LogP contribution in [0.3, 0.4) is 0 Å². The summed E-state index contributed by atoms with van der Waals surface area (Å²) in [5.74, 6) is 1.71. The maximum absolute atomic E-state index is 5.43. The molecule has 0 fully saturated rings. The number of nitrogens with one attached hydrogen (secondary N) is 2. The summed E-state index contributed by atoms with van der Waals surface area (Å²) in [6.45, 7) is 9.85. The molecule has 0 saturated carbocycles. The van der Waals surface area contributed by atoms with Crippen molar-refractivity contribution in [3.05, 3.63) is 34.0 Å². The predicted molar refractivity (Wildman–Crippen MR) is 104 cm³/mol. The molecule has 2 N–H and O–H groups in total. The lowest BCUT2D eigenvalue weighted by Gasteiger charge is -2.13. The van der Waals surface area contributed by atoms with E-state index in [-0.39, 0.29) is 0 Å². The number of guanidine groups is 1. The van der Waals surface area contributed by atoms with Crippen LogP contribution in [0.1, 0.15) is 61.7 Å². The molecule has 0 amide bonds. The van der Waals surface area contributed by atoms with Crippen molar-refractivity contribution < 1.29 is 4.52 Å². The zero-order chi connectivity index (χ0) is 19.1. The third-order valence-electron chi connectivity index (χ3n) is 4.72. The monoisotopic (exact) mass is 360 g/mol. The van der Waals surface area contributed by atoms with Crippen LogP contribution in [-0.4, -0.2) is 27.9 Å². The van der Waals surface area contributed by atoms with Crippen LogP contribution in [-0.2, 0) is 45.8 Å². The molecule has 0 aliphatic heterocycles. The zero-order valence-corrected chi connectivity index (χ0v) is 16.9. The second-order valence-electron chi connectivity index (χ2n) is 6.22. The fourth-order valence-electron chi connectivity index (χ4n) is 3.30. The summed E-state index contributed by atoms with van der Waals surface area (Å²) in [5.41, 5.74) is 5.84. The fourth-order valence-corrected chi connectivity index (χ4v) is 3.30. The lowest BCUT2D eigenvalue weighted by atomic mass is 10.1. The molecule has 0 bridgehead atoms. The minimum atomic E-state index is 0.657. The van der Waals surface area contributed by atoms with Crippen molar-refractivity contribution in [3.63, 3.8) is 0 Å². The Hall–Kier alpha value is -2.31. The van der Waals surface area contributed by atoms with E-state index in [1.54, 1.807) is 7.05 Å². The lowest BCUT2D eigenvalue weighted by Crippen LogP contribution is -2.37. The first-order chi connectivity index (χ1) is 12.6. The summed E-state index contributed by atoms with van der Waals surface area (Å²) >= 11 is 0. The van der Waals surface area contributed by atoms with Crippen LogP contribution in [0.2, 0.25) is 0 Å². The summed E-state index contributed by atoms with van der Waals surface area (Å²) in [7, 11) is 3.80. The predicted octanol–water partition coefficient (Wildman–Crippen LogP) is 2.52. The van der Waals surface area contributed by atoms with Crippen LogP contribution in [0.4, 0.5) is 0 Å². The van der Waals surface area contributed by atoms with E-state index >= 15 is 0 Å². The Labute approximate surface area is 156 Å². The van der Waals surface area contributed by atoms with Gasteiger partial charge in [-0.1, -0.05) is 32.9 Å². The van der Waals surface area contributed by atoms with Gasteiger partial charge in [0.2, 0.25) is 0 Å². The first-order valence-electron chi connectivity index (χ1n) is 9.53. The molecule has 0 aromatic carbocycles. The number of hydrogen-bond acceptors (Lipinski definition) is 4. The van der Waals surface area contributed by atoms with Gasteiger partial charge in [-0.2, -0.15) is 5.10 Å². The molecular weight excluding hydrogens is 328 g/mol. The van der Waals surface area contributed by atoms with Gasteiger partial charge >= 0.3 is 0 Å². The second-order valence-corrected chi connectivity index (χ2v) is 6.22. The third kappa shape index (κ3) is 4.26. The zero-order valence-electron chi connectivity index (χ0n) is 16.9. The molecule has 0 aliphatic rings. The Morgan fingerprint density at radius 3 is 2.15 bits per heavy atom. The van der Waals surface area contributed by atoms with Gasteiger partial charge in [-0.05, 0) is 19.3 Å². The van der Waals surface area contributed by atoms with Gasteiger partial charge in [0.1, 0.15) is 5.76 Å². The van der Waals surface area contributed by atoms with Gasteiger partial charge in [0, 0.05) is 50.4 Å². The topological polar surface area (TPSA) is 80.3 Å². The molecular formula is C19H32N6O. The van der Waals surface area contributed by atoms with Crippen molar-refractivity contribution in [2.75, 3.05) is 7.05 Å². The first kappa shape index (κ1) is 20.0. The largest absolute Gasteiger partial charge is 0.361 e. The normalized spacial score (nSPS) is 11.8. The molecule has 2 aromatic heterocycles. The minimum Gasteiger partial charge on any atom is -0.361 e. The van der Waals surface area contributed by atoms with E-state index in [4.69, 9.17) is 4.52 Å². The van der Waals surface area contributed by atoms with E-state index in [0.29, 0.717) is 13.1 Å². The molecule has 0 spiro atoms. The Balaban J connectivity index is 2.05. The molecule has 0 aliphatic carbocycles. The molecule has 144 valence electrons. The highest BCUT2D eigenvalue weighted by molar-refractivity contribution is 5.79. The summed E-state index contributed by atoms with van der Waals surface area (Å²) in [6.07, 6.45) is 3.59. The molecule has 0 radical (unpaired) electrons. The number of rotatable bonds is 8. The van der Waals surface area contributed by atoms with Crippen LogP contribution in [0, 0.1) is 0 Å². The van der Waals surface area contributed by atoms with E-state index in [9.17, 15) is 0 Å². The van der Waals surface area contributed by atoms with Crippen molar-refractivity contribution in [1.82, 2.24) is 25.6 Å². The van der Waals surface area contributed by atoms with Crippen molar-refractivity contribution in [3.8, 4) is 0 Å². The van der Waals surface area contributed by atoms with Gasteiger partial charge in [0.25, 0.3) is 0 Å². The average molecular weight is 361 g/mol. The number of hydrogen-bond donors (Lipinski definition) is 2. The van der Waals surface area contributed by atoms with Crippen molar-refractivity contribution in [2.45, 2.75) is 66.5 Å². The highest BCUT2D eigenvalue weighted by Gasteiger charge is 2.15. The quantitative estimate of drug-likeness (QED) is 0.558. The van der Waals surface area contributed by atoms with Crippen LogP contribution in [0.15, 0.2) is 9.52 Å². The van der Waals surface area contributed by atoms with Gasteiger partial charge in [0.15, 0.2) is 5.96 Å². The van der Waals surface area contributed by atoms with Gasteiger partial charge in [-0.25, -0.2) is 0 Å². The molecule has 0 saturated heterocycles. The van der Waals surface area contributed by atoms with Crippen LogP contribution in [0.5, 0.6) is 0 Å². The number of aliphatic imine (C=N–C) groups is 1. The van der Waals surface area contributed by atoms with Gasteiger partial charge in [-0.3, -0.25) is 9.67 Å². The maximum atomic E-state index is 5.43. The molecule has 0 unspecified atom stereocenters.